The number of aliphatic hydroxyl groups excluding tert-OH is 1. The zero-order valence-corrected chi connectivity index (χ0v) is 15.8. The molecule has 26 heavy (non-hydrogen) atoms. The van der Waals surface area contributed by atoms with Crippen LogP contribution in [0.2, 0.25) is 0 Å². The summed E-state index contributed by atoms with van der Waals surface area (Å²) in [5, 5.41) is 9.61. The van der Waals surface area contributed by atoms with Crippen molar-refractivity contribution >= 4 is 5.91 Å². The standard InChI is InChI=1S/C23H31NO2/c1-15-17-7-19-9-18(15)10-20(8-17)23(19,11-16-5-3-2-4-6-16)12-22(26)24-13-21(25)14-24/h2-6,15,17-21,25H,7-14H2,1H3. The smallest absolute Gasteiger partial charge is 0.223 e. The van der Waals surface area contributed by atoms with Crippen LogP contribution < -0.4 is 0 Å². The highest BCUT2D eigenvalue weighted by molar-refractivity contribution is 5.78. The van der Waals surface area contributed by atoms with E-state index >= 15 is 0 Å². The molecule has 1 N–H and O–H groups in total. The fourth-order valence-corrected chi connectivity index (χ4v) is 7.03. The summed E-state index contributed by atoms with van der Waals surface area (Å²) in [6.07, 6.45) is 6.77. The Kier molecular flexibility index (Phi) is 3.93. The zero-order valence-electron chi connectivity index (χ0n) is 15.8. The van der Waals surface area contributed by atoms with E-state index in [1.807, 2.05) is 4.90 Å². The molecule has 0 aromatic heterocycles. The predicted molar refractivity (Wildman–Crippen MR) is 101 cm³/mol. The Morgan fingerprint density at radius 3 is 2.19 bits per heavy atom. The second kappa shape index (κ2) is 6.09. The molecule has 1 aromatic rings. The average molecular weight is 354 g/mol. The molecule has 5 fully saturated rings. The largest absolute Gasteiger partial charge is 0.389 e. The van der Waals surface area contributed by atoms with E-state index < -0.39 is 0 Å². The number of carbonyl (C=O) groups excluding carboxylic acids is 1. The van der Waals surface area contributed by atoms with E-state index in [1.165, 1.54) is 31.2 Å². The summed E-state index contributed by atoms with van der Waals surface area (Å²) >= 11 is 0. The summed E-state index contributed by atoms with van der Waals surface area (Å²) < 4.78 is 0. The van der Waals surface area contributed by atoms with E-state index in [0.29, 0.717) is 31.3 Å². The van der Waals surface area contributed by atoms with E-state index in [-0.39, 0.29) is 17.4 Å². The molecule has 0 radical (unpaired) electrons. The lowest BCUT2D eigenvalue weighted by atomic mass is 9.41. The summed E-state index contributed by atoms with van der Waals surface area (Å²) in [6, 6.07) is 10.8. The first kappa shape index (κ1) is 16.8. The van der Waals surface area contributed by atoms with Gasteiger partial charge in [0.1, 0.15) is 0 Å². The van der Waals surface area contributed by atoms with Crippen LogP contribution in [0.1, 0.15) is 44.6 Å². The Morgan fingerprint density at radius 2 is 1.65 bits per heavy atom. The van der Waals surface area contributed by atoms with Gasteiger partial charge in [0.2, 0.25) is 5.91 Å². The first-order chi connectivity index (χ1) is 12.5. The number of likely N-dealkylation sites (tertiary alicyclic amines) is 1. The molecule has 4 bridgehead atoms. The van der Waals surface area contributed by atoms with Crippen molar-refractivity contribution in [3.63, 3.8) is 0 Å². The van der Waals surface area contributed by atoms with Crippen LogP contribution in [0, 0.1) is 35.0 Å². The zero-order chi connectivity index (χ0) is 17.9. The van der Waals surface area contributed by atoms with Crippen molar-refractivity contribution in [2.45, 2.75) is 51.6 Å². The molecular weight excluding hydrogens is 322 g/mol. The van der Waals surface area contributed by atoms with Gasteiger partial charge in [-0.15, -0.1) is 0 Å². The molecular formula is C23H31NO2. The first-order valence-corrected chi connectivity index (χ1v) is 10.5. The summed E-state index contributed by atoms with van der Waals surface area (Å²) in [7, 11) is 0. The number of amides is 1. The van der Waals surface area contributed by atoms with Crippen molar-refractivity contribution in [3.05, 3.63) is 35.9 Å². The Morgan fingerprint density at radius 1 is 1.08 bits per heavy atom. The summed E-state index contributed by atoms with van der Waals surface area (Å²) in [6.45, 7) is 3.55. The molecule has 0 unspecified atom stereocenters. The second-order valence-electron chi connectivity index (χ2n) is 9.74. The molecule has 1 aliphatic heterocycles. The maximum Gasteiger partial charge on any atom is 0.223 e. The van der Waals surface area contributed by atoms with Crippen molar-refractivity contribution in [1.29, 1.82) is 0 Å². The second-order valence-corrected chi connectivity index (χ2v) is 9.74. The Hall–Kier alpha value is -1.35. The number of β-amino-alcohol motifs (C(OH)–C–C–N with tert-alkyl or cyclic N) is 1. The van der Waals surface area contributed by atoms with Crippen LogP contribution in [-0.2, 0) is 11.2 Å². The normalized spacial score (nSPS) is 41.3. The third-order valence-electron chi connectivity index (χ3n) is 8.53. The van der Waals surface area contributed by atoms with Crippen LogP contribution in [0.15, 0.2) is 30.3 Å². The molecule has 1 heterocycles. The summed E-state index contributed by atoms with van der Waals surface area (Å²) in [4.78, 5) is 14.9. The van der Waals surface area contributed by atoms with Crippen LogP contribution in [0.5, 0.6) is 0 Å². The van der Waals surface area contributed by atoms with Gasteiger partial charge in [0, 0.05) is 19.5 Å². The van der Waals surface area contributed by atoms with Crippen LogP contribution in [0.3, 0.4) is 0 Å². The van der Waals surface area contributed by atoms with Crippen molar-refractivity contribution in [3.8, 4) is 0 Å². The monoisotopic (exact) mass is 353 g/mol. The molecule has 1 amide bonds. The van der Waals surface area contributed by atoms with E-state index in [0.717, 1.165) is 24.2 Å². The number of carbonyl (C=O) groups is 1. The minimum absolute atomic E-state index is 0.145. The van der Waals surface area contributed by atoms with E-state index in [1.54, 1.807) is 0 Å². The van der Waals surface area contributed by atoms with Crippen LogP contribution in [-0.4, -0.2) is 35.1 Å². The minimum atomic E-state index is -0.302. The Balaban J connectivity index is 1.45. The third-order valence-corrected chi connectivity index (χ3v) is 8.53. The fourth-order valence-electron chi connectivity index (χ4n) is 7.03. The summed E-state index contributed by atoms with van der Waals surface area (Å²) in [5.74, 6) is 4.36. The maximum atomic E-state index is 13.0. The Bertz CT molecular complexity index is 649. The van der Waals surface area contributed by atoms with Gasteiger partial charge in [-0.25, -0.2) is 0 Å². The van der Waals surface area contributed by atoms with Gasteiger partial charge >= 0.3 is 0 Å². The summed E-state index contributed by atoms with van der Waals surface area (Å²) in [5.41, 5.74) is 1.54. The fraction of sp³-hybridized carbons (Fsp3) is 0.696. The van der Waals surface area contributed by atoms with Crippen LogP contribution in [0.25, 0.3) is 0 Å². The molecule has 6 rings (SSSR count). The number of nitrogens with zero attached hydrogens (tertiary/aromatic N) is 1. The molecule has 0 spiro atoms. The lowest BCUT2D eigenvalue weighted by Gasteiger charge is -2.64. The van der Waals surface area contributed by atoms with Gasteiger partial charge < -0.3 is 10.0 Å². The maximum absolute atomic E-state index is 13.0. The van der Waals surface area contributed by atoms with E-state index in [9.17, 15) is 9.90 Å². The van der Waals surface area contributed by atoms with Gasteiger partial charge in [-0.05, 0) is 72.7 Å². The van der Waals surface area contributed by atoms with Crippen molar-refractivity contribution < 1.29 is 9.90 Å². The highest BCUT2D eigenvalue weighted by Crippen LogP contribution is 2.66. The predicted octanol–water partition coefficient (Wildman–Crippen LogP) is 3.51. The number of hydrogen-bond acceptors (Lipinski definition) is 2. The lowest BCUT2D eigenvalue weighted by molar-refractivity contribution is -0.164. The van der Waals surface area contributed by atoms with Crippen LogP contribution >= 0.6 is 0 Å². The molecule has 1 aromatic carbocycles. The Labute approximate surface area is 156 Å². The molecule has 0 atom stereocenters. The van der Waals surface area contributed by atoms with Crippen LogP contribution in [0.4, 0.5) is 0 Å². The van der Waals surface area contributed by atoms with E-state index in [2.05, 4.69) is 37.3 Å². The van der Waals surface area contributed by atoms with Gasteiger partial charge in [-0.3, -0.25) is 4.79 Å². The lowest BCUT2D eigenvalue weighted by Crippen LogP contribution is -2.60. The molecule has 140 valence electrons. The van der Waals surface area contributed by atoms with Gasteiger partial charge in [-0.1, -0.05) is 37.3 Å². The van der Waals surface area contributed by atoms with Crippen molar-refractivity contribution in [2.24, 2.45) is 35.0 Å². The number of rotatable bonds is 4. The highest BCUT2D eigenvalue weighted by atomic mass is 16.3. The number of hydrogen-bond donors (Lipinski definition) is 1. The molecule has 3 heteroatoms. The van der Waals surface area contributed by atoms with Crippen molar-refractivity contribution in [2.75, 3.05) is 13.1 Å². The topological polar surface area (TPSA) is 40.5 Å². The highest BCUT2D eigenvalue weighted by Gasteiger charge is 2.59. The first-order valence-electron chi connectivity index (χ1n) is 10.5. The molecule has 4 aliphatic carbocycles. The van der Waals surface area contributed by atoms with E-state index in [4.69, 9.17) is 0 Å². The number of aliphatic hydroxyl groups is 1. The molecule has 5 aliphatic rings. The quantitative estimate of drug-likeness (QED) is 0.900. The molecule has 1 saturated heterocycles. The number of benzene rings is 1. The van der Waals surface area contributed by atoms with Gasteiger partial charge in [-0.2, -0.15) is 0 Å². The van der Waals surface area contributed by atoms with Crippen molar-refractivity contribution in [1.82, 2.24) is 4.90 Å². The van der Waals surface area contributed by atoms with Gasteiger partial charge in [0.15, 0.2) is 0 Å². The SMILES string of the molecule is CC1C2CC3CC1CC(C2)C3(CC(=O)N1CC(O)C1)Cc1ccccc1. The van der Waals surface area contributed by atoms with Gasteiger partial charge in [0.05, 0.1) is 6.10 Å². The minimum Gasteiger partial charge on any atom is -0.389 e. The molecule has 3 nitrogen and oxygen atoms in total. The molecule has 4 saturated carbocycles. The van der Waals surface area contributed by atoms with Gasteiger partial charge in [0.25, 0.3) is 0 Å². The average Bonchev–Trinajstić information content (AvgIpc) is 2.58. The third kappa shape index (κ3) is 2.54.